The van der Waals surface area contributed by atoms with Crippen LogP contribution < -0.4 is 0 Å². The number of unbranched alkanes of at least 4 members (excludes halogenated alkanes) is 1. The Morgan fingerprint density at radius 2 is 1.76 bits per heavy atom. The number of rotatable bonds is 7. The molecule has 2 unspecified atom stereocenters. The van der Waals surface area contributed by atoms with E-state index < -0.39 is 8.56 Å². The summed E-state index contributed by atoms with van der Waals surface area (Å²) in [7, 11) is -0.410. The Labute approximate surface area is 140 Å². The molecule has 0 aromatic heterocycles. The van der Waals surface area contributed by atoms with Gasteiger partial charge in [0.25, 0.3) is 0 Å². The van der Waals surface area contributed by atoms with Gasteiger partial charge in [0.05, 0.1) is 0 Å². The summed E-state index contributed by atoms with van der Waals surface area (Å²) >= 11 is 0. The number of hydrogen-bond acceptors (Lipinski definition) is 1. The first-order valence-electron chi connectivity index (χ1n) is 9.20. The Morgan fingerprint density at radius 3 is 2.24 bits per heavy atom. The van der Waals surface area contributed by atoms with Crippen molar-refractivity contribution in [2.75, 3.05) is 6.61 Å². The van der Waals surface area contributed by atoms with E-state index in [0.717, 1.165) is 12.5 Å². The third-order valence-corrected chi connectivity index (χ3v) is 28.6. The van der Waals surface area contributed by atoms with Crippen LogP contribution in [0, 0.1) is 16.7 Å². The molecule has 0 spiro atoms. The summed E-state index contributed by atoms with van der Waals surface area (Å²) in [5.74, 6) is 0.795. The first-order valence-corrected chi connectivity index (χ1v) is 18.5. The van der Waals surface area contributed by atoms with Crippen molar-refractivity contribution < 1.29 is 4.43 Å². The van der Waals surface area contributed by atoms with Crippen molar-refractivity contribution in [2.24, 2.45) is 16.7 Å². The van der Waals surface area contributed by atoms with E-state index in [1.165, 1.54) is 25.3 Å². The second-order valence-corrected chi connectivity index (χ2v) is 25.0. The topological polar surface area (TPSA) is 9.23 Å². The molecule has 0 radical (unpaired) electrons. The minimum Gasteiger partial charge on any atom is -0.424 e. The lowest BCUT2D eigenvalue weighted by molar-refractivity contribution is 0.00384. The SMILES string of the molecule is CCCCC(C)C(C)(C)C(C)(C)C(C)(C)[SiH]1OCC[SiH2][SiH2]1. The maximum Gasteiger partial charge on any atom is 0.161 e. The largest absolute Gasteiger partial charge is 0.424 e. The fourth-order valence-electron chi connectivity index (χ4n) is 4.03. The molecular formula is C17H40OSi3. The average molecular weight is 345 g/mol. The van der Waals surface area contributed by atoms with Gasteiger partial charge in [0.2, 0.25) is 0 Å². The summed E-state index contributed by atoms with van der Waals surface area (Å²) in [5.41, 5.74) is 0.748. The normalized spacial score (nSPS) is 25.4. The number of hydrogen-bond donors (Lipinski definition) is 0. The van der Waals surface area contributed by atoms with Gasteiger partial charge in [-0.3, -0.25) is 0 Å². The predicted octanol–water partition coefficient (Wildman–Crippen LogP) is 3.57. The Bertz CT molecular complexity index is 320. The third-order valence-electron chi connectivity index (χ3n) is 7.43. The molecule has 126 valence electrons. The first kappa shape index (κ1) is 19.7. The molecule has 0 aromatic rings. The van der Waals surface area contributed by atoms with Gasteiger partial charge in [-0.05, 0) is 27.8 Å². The molecule has 1 rings (SSSR count). The summed E-state index contributed by atoms with van der Waals surface area (Å²) in [6.07, 6.45) is 4.08. The van der Waals surface area contributed by atoms with E-state index in [4.69, 9.17) is 4.43 Å². The molecule has 0 N–H and O–H groups in total. The lowest BCUT2D eigenvalue weighted by Crippen LogP contribution is -2.55. The summed E-state index contributed by atoms with van der Waals surface area (Å²) < 4.78 is 6.42. The zero-order valence-corrected chi connectivity index (χ0v) is 20.0. The molecule has 0 saturated carbocycles. The fourth-order valence-corrected chi connectivity index (χ4v) is 29.5. The molecule has 21 heavy (non-hydrogen) atoms. The zero-order valence-electron chi connectivity index (χ0n) is 16.0. The van der Waals surface area contributed by atoms with Gasteiger partial charge in [0.15, 0.2) is 8.56 Å². The van der Waals surface area contributed by atoms with Crippen LogP contribution in [-0.2, 0) is 4.43 Å². The molecular weight excluding hydrogens is 304 g/mol. The molecule has 1 nitrogen and oxygen atoms in total. The monoisotopic (exact) mass is 344 g/mol. The lowest BCUT2D eigenvalue weighted by Gasteiger charge is -2.57. The van der Waals surface area contributed by atoms with E-state index in [1.807, 2.05) is 0 Å². The van der Waals surface area contributed by atoms with E-state index >= 15 is 0 Å². The van der Waals surface area contributed by atoms with Crippen LogP contribution in [0.25, 0.3) is 0 Å². The van der Waals surface area contributed by atoms with Crippen molar-refractivity contribution in [2.45, 2.75) is 85.7 Å². The van der Waals surface area contributed by atoms with Crippen LogP contribution in [0.1, 0.15) is 74.7 Å². The summed E-state index contributed by atoms with van der Waals surface area (Å²) in [5, 5.41) is 0.441. The highest BCUT2D eigenvalue weighted by molar-refractivity contribution is 7.35. The van der Waals surface area contributed by atoms with Crippen LogP contribution in [0.4, 0.5) is 0 Å². The fraction of sp³-hybridized carbons (Fsp3) is 1.00. The van der Waals surface area contributed by atoms with Gasteiger partial charge < -0.3 is 4.43 Å². The van der Waals surface area contributed by atoms with Crippen molar-refractivity contribution in [3.63, 3.8) is 0 Å². The lowest BCUT2D eigenvalue weighted by atomic mass is 9.56. The van der Waals surface area contributed by atoms with Crippen LogP contribution in [0.5, 0.6) is 0 Å². The van der Waals surface area contributed by atoms with Gasteiger partial charge in [-0.25, -0.2) is 0 Å². The van der Waals surface area contributed by atoms with Gasteiger partial charge in [0.1, 0.15) is 0 Å². The van der Waals surface area contributed by atoms with Crippen molar-refractivity contribution in [1.82, 2.24) is 0 Å². The Balaban J connectivity index is 2.94. The van der Waals surface area contributed by atoms with Crippen molar-refractivity contribution in [3.8, 4) is 0 Å². The van der Waals surface area contributed by atoms with E-state index in [9.17, 15) is 0 Å². The van der Waals surface area contributed by atoms with Crippen molar-refractivity contribution in [3.05, 3.63) is 0 Å². The standard InChI is InChI=1S/C17H40OSi3/c1-9-10-11-14(2)15(3,4)16(5,6)17(7,8)21-18-12-13-19-20-21/h14,21H,9-13,19-20H2,1-8H3. The van der Waals surface area contributed by atoms with E-state index in [-0.39, 0.29) is 8.55 Å². The van der Waals surface area contributed by atoms with Crippen LogP contribution in [0.2, 0.25) is 11.1 Å². The van der Waals surface area contributed by atoms with Crippen molar-refractivity contribution >= 4 is 26.1 Å². The molecule has 1 heterocycles. The minimum absolute atomic E-state index is 0.196. The molecule has 1 saturated heterocycles. The zero-order chi connectivity index (χ0) is 16.3. The second-order valence-electron chi connectivity index (χ2n) is 8.97. The molecule has 1 fully saturated rings. The Hall–Kier alpha value is 0.611. The van der Waals surface area contributed by atoms with Gasteiger partial charge >= 0.3 is 0 Å². The average Bonchev–Trinajstić information content (AvgIpc) is 2.45. The van der Waals surface area contributed by atoms with Crippen molar-refractivity contribution in [1.29, 1.82) is 0 Å². The summed E-state index contributed by atoms with van der Waals surface area (Å²) in [4.78, 5) is 0. The van der Waals surface area contributed by atoms with Crippen LogP contribution in [-0.4, -0.2) is 32.8 Å². The van der Waals surface area contributed by atoms with Crippen LogP contribution in [0.3, 0.4) is 0 Å². The highest BCUT2D eigenvalue weighted by Gasteiger charge is 2.54. The molecule has 1 aliphatic rings. The highest BCUT2D eigenvalue weighted by Crippen LogP contribution is 2.60. The minimum atomic E-state index is -0.928. The van der Waals surface area contributed by atoms with Gasteiger partial charge in [0, 0.05) is 24.2 Å². The third kappa shape index (κ3) is 3.93. The van der Waals surface area contributed by atoms with Gasteiger partial charge in [-0.15, -0.1) is 0 Å². The second kappa shape index (κ2) is 7.45. The molecule has 1 aliphatic heterocycles. The Kier molecular flexibility index (Phi) is 6.98. The smallest absolute Gasteiger partial charge is 0.161 e. The first-order chi connectivity index (χ1) is 9.59. The van der Waals surface area contributed by atoms with Gasteiger partial charge in [-0.2, -0.15) is 0 Å². The summed E-state index contributed by atoms with van der Waals surface area (Å²) in [6, 6.07) is 1.47. The van der Waals surface area contributed by atoms with E-state index in [1.54, 1.807) is 0 Å². The summed E-state index contributed by atoms with van der Waals surface area (Å²) in [6.45, 7) is 21.2. The highest BCUT2D eigenvalue weighted by atomic mass is 29.5. The quantitative estimate of drug-likeness (QED) is 0.642. The molecule has 0 aromatic carbocycles. The van der Waals surface area contributed by atoms with E-state index in [2.05, 4.69) is 55.4 Å². The van der Waals surface area contributed by atoms with Gasteiger partial charge in [-0.1, -0.05) is 74.7 Å². The maximum absolute atomic E-state index is 6.42. The molecule has 0 amide bonds. The van der Waals surface area contributed by atoms with E-state index in [0.29, 0.717) is 24.9 Å². The maximum atomic E-state index is 6.42. The van der Waals surface area contributed by atoms with Crippen LogP contribution >= 0.6 is 0 Å². The van der Waals surface area contributed by atoms with Crippen LogP contribution in [0.15, 0.2) is 0 Å². The predicted molar refractivity (Wildman–Crippen MR) is 105 cm³/mol. The molecule has 4 heteroatoms. The molecule has 0 bridgehead atoms. The molecule has 2 atom stereocenters. The molecule has 0 aliphatic carbocycles. The Morgan fingerprint density at radius 1 is 1.14 bits per heavy atom.